The van der Waals surface area contributed by atoms with Crippen LogP contribution in [0.2, 0.25) is 0 Å². The average molecular weight is 287 g/mol. The van der Waals surface area contributed by atoms with Crippen molar-refractivity contribution < 1.29 is 17.7 Å². The molecule has 0 aromatic heterocycles. The predicted octanol–water partition coefficient (Wildman–Crippen LogP) is 1.27. The number of nitro benzene ring substituents is 1. The van der Waals surface area contributed by atoms with E-state index in [1.165, 1.54) is 6.92 Å². The predicted molar refractivity (Wildman–Crippen MR) is 63.1 cm³/mol. The molecule has 0 aliphatic rings. The summed E-state index contributed by atoms with van der Waals surface area (Å²) >= 11 is 0. The van der Waals surface area contributed by atoms with Gasteiger partial charge >= 0.3 is 0 Å². The van der Waals surface area contributed by atoms with Crippen LogP contribution in [0.15, 0.2) is 23.1 Å². The first-order valence-electron chi connectivity index (χ1n) is 5.15. The fourth-order valence-electron chi connectivity index (χ4n) is 1.40. The van der Waals surface area contributed by atoms with Gasteiger partial charge in [-0.15, -0.1) is 0 Å². The van der Waals surface area contributed by atoms with E-state index >= 15 is 0 Å². The summed E-state index contributed by atoms with van der Waals surface area (Å²) in [6.07, 6.45) is 0. The topological polar surface area (TPSA) is 104 Å². The van der Waals surface area contributed by atoms with Gasteiger partial charge in [-0.05, 0) is 6.07 Å². The third kappa shape index (κ3) is 3.04. The van der Waals surface area contributed by atoms with Crippen molar-refractivity contribution in [1.29, 1.82) is 5.26 Å². The van der Waals surface area contributed by atoms with E-state index in [4.69, 9.17) is 5.26 Å². The molecule has 19 heavy (non-hydrogen) atoms. The lowest BCUT2D eigenvalue weighted by Gasteiger charge is -2.17. The first kappa shape index (κ1) is 15.0. The molecule has 9 heteroatoms. The Morgan fingerprint density at radius 2 is 2.16 bits per heavy atom. The van der Waals surface area contributed by atoms with E-state index < -0.39 is 37.9 Å². The van der Waals surface area contributed by atoms with Crippen LogP contribution in [0.25, 0.3) is 0 Å². The maximum absolute atomic E-state index is 13.6. The molecule has 7 nitrogen and oxygen atoms in total. The van der Waals surface area contributed by atoms with Gasteiger partial charge in [0.15, 0.2) is 0 Å². The minimum absolute atomic E-state index is 0.00762. The summed E-state index contributed by atoms with van der Waals surface area (Å²) in [7, 11) is -4.17. The van der Waals surface area contributed by atoms with E-state index in [1.807, 2.05) is 0 Å². The number of hydrogen-bond acceptors (Lipinski definition) is 5. The molecule has 1 rings (SSSR count). The summed E-state index contributed by atoms with van der Waals surface area (Å²) in [6, 6.07) is 3.92. The average Bonchev–Trinajstić information content (AvgIpc) is 2.35. The Hall–Kier alpha value is -2.05. The number of halogens is 1. The maximum Gasteiger partial charge on any atom is 0.272 e. The van der Waals surface area contributed by atoms with Crippen LogP contribution in [-0.4, -0.2) is 30.7 Å². The maximum atomic E-state index is 13.6. The normalized spacial score (nSPS) is 11.3. The van der Waals surface area contributed by atoms with Crippen molar-refractivity contribution in [3.05, 3.63) is 34.1 Å². The zero-order valence-corrected chi connectivity index (χ0v) is 10.7. The second-order valence-electron chi connectivity index (χ2n) is 3.46. The number of nitro groups is 1. The highest BCUT2D eigenvalue weighted by atomic mass is 32.2. The largest absolute Gasteiger partial charge is 0.272 e. The molecule has 0 fully saturated rings. The molecule has 0 N–H and O–H groups in total. The van der Waals surface area contributed by atoms with E-state index in [0.29, 0.717) is 6.07 Å². The van der Waals surface area contributed by atoms with Gasteiger partial charge in [0, 0.05) is 12.6 Å². The summed E-state index contributed by atoms with van der Waals surface area (Å²) in [5.41, 5.74) is -0.542. The number of hydrogen-bond donors (Lipinski definition) is 0. The highest BCUT2D eigenvalue weighted by molar-refractivity contribution is 7.89. The van der Waals surface area contributed by atoms with Crippen molar-refractivity contribution in [2.45, 2.75) is 11.8 Å². The van der Waals surface area contributed by atoms with Crippen molar-refractivity contribution in [2.24, 2.45) is 0 Å². The second kappa shape index (κ2) is 5.73. The first-order valence-corrected chi connectivity index (χ1v) is 6.59. The van der Waals surface area contributed by atoms with Gasteiger partial charge in [-0.3, -0.25) is 10.1 Å². The van der Waals surface area contributed by atoms with Crippen LogP contribution in [-0.2, 0) is 10.0 Å². The molecule has 0 aliphatic carbocycles. The Kier molecular flexibility index (Phi) is 4.52. The Morgan fingerprint density at radius 3 is 2.58 bits per heavy atom. The number of benzene rings is 1. The van der Waals surface area contributed by atoms with E-state index in [1.54, 1.807) is 6.07 Å². The Balaban J connectivity index is 3.30. The molecule has 0 saturated heterocycles. The van der Waals surface area contributed by atoms with Crippen LogP contribution in [0.1, 0.15) is 6.92 Å². The van der Waals surface area contributed by atoms with Gasteiger partial charge in [-0.2, -0.15) is 9.57 Å². The second-order valence-corrected chi connectivity index (χ2v) is 5.37. The molecule has 0 spiro atoms. The number of sulfonamides is 1. The summed E-state index contributed by atoms with van der Waals surface area (Å²) in [4.78, 5) is 8.93. The first-order chi connectivity index (χ1) is 8.84. The monoisotopic (exact) mass is 287 g/mol. The third-order valence-corrected chi connectivity index (χ3v) is 4.30. The van der Waals surface area contributed by atoms with E-state index in [9.17, 15) is 22.9 Å². The number of non-ortho nitro benzene ring substituents is 1. The quantitative estimate of drug-likeness (QED) is 0.460. The van der Waals surface area contributed by atoms with Crippen LogP contribution in [0, 0.1) is 27.3 Å². The third-order valence-electron chi connectivity index (χ3n) is 2.34. The molecular formula is C10H10FN3O4S. The van der Waals surface area contributed by atoms with Gasteiger partial charge in [0.1, 0.15) is 17.3 Å². The molecule has 102 valence electrons. The van der Waals surface area contributed by atoms with Crippen LogP contribution in [0.4, 0.5) is 10.1 Å². The highest BCUT2D eigenvalue weighted by Gasteiger charge is 2.27. The van der Waals surface area contributed by atoms with Crippen LogP contribution in [0.5, 0.6) is 0 Å². The summed E-state index contributed by atoms with van der Waals surface area (Å²) < 4.78 is 38.5. The lowest BCUT2D eigenvalue weighted by molar-refractivity contribution is -0.385. The van der Waals surface area contributed by atoms with Gasteiger partial charge in [-0.1, -0.05) is 6.92 Å². The molecule has 0 bridgehead atoms. The Bertz CT molecular complexity index is 639. The highest BCUT2D eigenvalue weighted by Crippen LogP contribution is 2.23. The fraction of sp³-hybridized carbons (Fsp3) is 0.300. The van der Waals surface area contributed by atoms with Gasteiger partial charge in [0.05, 0.1) is 17.1 Å². The van der Waals surface area contributed by atoms with Crippen LogP contribution >= 0.6 is 0 Å². The van der Waals surface area contributed by atoms with E-state index in [-0.39, 0.29) is 6.54 Å². The number of rotatable bonds is 5. The zero-order chi connectivity index (χ0) is 14.6. The fourth-order valence-corrected chi connectivity index (χ4v) is 2.79. The smallest absolute Gasteiger partial charge is 0.258 e. The molecule has 1 aromatic carbocycles. The van der Waals surface area contributed by atoms with Crippen molar-refractivity contribution in [2.75, 3.05) is 13.1 Å². The van der Waals surface area contributed by atoms with Crippen LogP contribution in [0.3, 0.4) is 0 Å². The van der Waals surface area contributed by atoms with Crippen molar-refractivity contribution in [3.63, 3.8) is 0 Å². The lowest BCUT2D eigenvalue weighted by Crippen LogP contribution is -2.31. The molecule has 0 aliphatic heterocycles. The number of nitrogens with zero attached hydrogens (tertiary/aromatic N) is 3. The molecule has 0 amide bonds. The van der Waals surface area contributed by atoms with Crippen molar-refractivity contribution in [1.82, 2.24) is 4.31 Å². The van der Waals surface area contributed by atoms with E-state index in [2.05, 4.69) is 0 Å². The summed E-state index contributed by atoms with van der Waals surface area (Å²) in [5.74, 6) is -1.22. The van der Waals surface area contributed by atoms with Crippen LogP contribution < -0.4 is 0 Å². The lowest BCUT2D eigenvalue weighted by atomic mass is 10.3. The molecule has 0 saturated carbocycles. The molecule has 0 atom stereocenters. The van der Waals surface area contributed by atoms with Gasteiger partial charge in [-0.25, -0.2) is 12.8 Å². The molecule has 0 radical (unpaired) electrons. The van der Waals surface area contributed by atoms with Crippen molar-refractivity contribution >= 4 is 15.7 Å². The SMILES string of the molecule is CCN(CC#N)S(=O)(=O)c1ccc([N+](=O)[O-])cc1F. The molecule has 1 aromatic rings. The van der Waals surface area contributed by atoms with Gasteiger partial charge in [0.2, 0.25) is 10.0 Å². The molecule has 0 heterocycles. The van der Waals surface area contributed by atoms with Crippen molar-refractivity contribution in [3.8, 4) is 6.07 Å². The van der Waals surface area contributed by atoms with Gasteiger partial charge < -0.3 is 0 Å². The molecule has 0 unspecified atom stereocenters. The summed E-state index contributed by atoms with van der Waals surface area (Å²) in [5, 5.41) is 19.0. The Labute approximate surface area is 109 Å². The van der Waals surface area contributed by atoms with E-state index in [0.717, 1.165) is 16.4 Å². The standard InChI is InChI=1S/C10H10FN3O4S/c1-2-13(6-5-12)19(17,18)10-4-3-8(14(15)16)7-9(10)11/h3-4,7H,2,6H2,1H3. The Morgan fingerprint density at radius 1 is 1.53 bits per heavy atom. The molecular weight excluding hydrogens is 277 g/mol. The zero-order valence-electron chi connectivity index (χ0n) is 9.91. The van der Waals surface area contributed by atoms with Gasteiger partial charge in [0.25, 0.3) is 5.69 Å². The number of nitriles is 1. The minimum Gasteiger partial charge on any atom is -0.258 e. The summed E-state index contributed by atoms with van der Waals surface area (Å²) in [6.45, 7) is 1.07. The minimum atomic E-state index is -4.17.